The summed E-state index contributed by atoms with van der Waals surface area (Å²) in [6.45, 7) is 3.10. The molecular weight excluding hydrogens is 443 g/mol. The van der Waals surface area contributed by atoms with Crippen molar-refractivity contribution >= 4 is 11.9 Å². The summed E-state index contributed by atoms with van der Waals surface area (Å²) in [6, 6.07) is 15.3. The number of hydrogen-bond acceptors (Lipinski definition) is 6. The zero-order valence-corrected chi connectivity index (χ0v) is 18.9. The Bertz CT molecular complexity index is 1150. The molecule has 0 saturated carbocycles. The number of pyridine rings is 1. The summed E-state index contributed by atoms with van der Waals surface area (Å²) in [5, 5.41) is 24.5. The Morgan fingerprint density at radius 1 is 1.03 bits per heavy atom. The van der Waals surface area contributed by atoms with Gasteiger partial charge in [0, 0.05) is 12.0 Å². The van der Waals surface area contributed by atoms with Crippen molar-refractivity contribution in [1.29, 1.82) is 0 Å². The van der Waals surface area contributed by atoms with Crippen molar-refractivity contribution in [3.8, 4) is 11.5 Å². The summed E-state index contributed by atoms with van der Waals surface area (Å²) in [4.78, 5) is 25.3. The standard InChI is InChI=1S/C25H25FN2O6/c1-15(27-24(30)22-23(29)20(33-3)13-14-28(22)32)25(31)34-16(2)21(17-7-5-4-6-8-17)18-9-11-19(26)12-10-18/h4-16,21,29H,1-3H3,(H,27,30)/t15-,16-,21-/m0/s1. The SMILES string of the molecule is COc1cc[n+]([O-])c(C(=O)N[C@@H](C)C(=O)O[C@@H](C)[C@@H](c2ccccc2)c2ccc(F)cc2)c1O. The lowest BCUT2D eigenvalue weighted by Gasteiger charge is -2.26. The topological polar surface area (TPSA) is 112 Å². The zero-order valence-electron chi connectivity index (χ0n) is 18.9. The van der Waals surface area contributed by atoms with Crippen molar-refractivity contribution in [2.75, 3.05) is 7.11 Å². The molecule has 0 aliphatic rings. The number of carbonyl (C=O) groups excluding carboxylic acids is 2. The number of benzene rings is 2. The minimum Gasteiger partial charge on any atom is -0.618 e. The summed E-state index contributed by atoms with van der Waals surface area (Å²) >= 11 is 0. The van der Waals surface area contributed by atoms with Gasteiger partial charge < -0.3 is 25.1 Å². The molecular formula is C25H25FN2O6. The summed E-state index contributed by atoms with van der Waals surface area (Å²) in [6.07, 6.45) is 0.334. The smallest absolute Gasteiger partial charge is 0.328 e. The quantitative estimate of drug-likeness (QED) is 0.299. The van der Waals surface area contributed by atoms with E-state index in [0.29, 0.717) is 0 Å². The Morgan fingerprint density at radius 2 is 1.65 bits per heavy atom. The molecule has 8 nitrogen and oxygen atoms in total. The van der Waals surface area contributed by atoms with Gasteiger partial charge in [0.05, 0.1) is 7.11 Å². The Morgan fingerprint density at radius 3 is 2.26 bits per heavy atom. The van der Waals surface area contributed by atoms with Gasteiger partial charge in [0.2, 0.25) is 5.75 Å². The molecule has 9 heteroatoms. The van der Waals surface area contributed by atoms with E-state index in [1.54, 1.807) is 19.1 Å². The average molecular weight is 468 g/mol. The first-order chi connectivity index (χ1) is 16.2. The number of hydrogen-bond donors (Lipinski definition) is 2. The van der Waals surface area contributed by atoms with Crippen LogP contribution in [0.25, 0.3) is 0 Å². The first-order valence-electron chi connectivity index (χ1n) is 10.5. The maximum Gasteiger partial charge on any atom is 0.328 e. The third-order valence-corrected chi connectivity index (χ3v) is 5.33. The molecule has 3 rings (SSSR count). The summed E-state index contributed by atoms with van der Waals surface area (Å²) in [5.41, 5.74) is 0.999. The third kappa shape index (κ3) is 5.43. The van der Waals surface area contributed by atoms with Gasteiger partial charge in [-0.1, -0.05) is 42.5 Å². The molecule has 0 fully saturated rings. The number of nitrogens with zero attached hydrogens (tertiary/aromatic N) is 1. The number of esters is 1. The Labute approximate surface area is 196 Å². The molecule has 0 saturated heterocycles. The van der Waals surface area contributed by atoms with E-state index < -0.39 is 35.5 Å². The second-order valence-electron chi connectivity index (χ2n) is 7.68. The molecule has 178 valence electrons. The maximum atomic E-state index is 13.5. The van der Waals surface area contributed by atoms with Crippen LogP contribution in [0.5, 0.6) is 11.5 Å². The zero-order chi connectivity index (χ0) is 24.8. The molecule has 0 aliphatic carbocycles. The molecule has 0 radical (unpaired) electrons. The molecule has 34 heavy (non-hydrogen) atoms. The van der Waals surface area contributed by atoms with Crippen molar-refractivity contribution < 1.29 is 33.3 Å². The molecule has 0 aliphatic heterocycles. The van der Waals surface area contributed by atoms with Crippen LogP contribution in [0.15, 0.2) is 66.9 Å². The van der Waals surface area contributed by atoms with Crippen LogP contribution in [0, 0.1) is 11.0 Å². The van der Waals surface area contributed by atoms with Gasteiger partial charge in [0.25, 0.3) is 0 Å². The van der Waals surface area contributed by atoms with Gasteiger partial charge in [-0.25, -0.2) is 9.18 Å². The van der Waals surface area contributed by atoms with Crippen LogP contribution in [0.1, 0.15) is 41.4 Å². The number of halogens is 1. The lowest BCUT2D eigenvalue weighted by Crippen LogP contribution is -2.46. The molecule has 0 unspecified atom stereocenters. The van der Waals surface area contributed by atoms with Gasteiger partial charge >= 0.3 is 17.6 Å². The summed E-state index contributed by atoms with van der Waals surface area (Å²) in [7, 11) is 1.28. The number of aromatic nitrogens is 1. The highest BCUT2D eigenvalue weighted by molar-refractivity contribution is 5.96. The first-order valence-corrected chi connectivity index (χ1v) is 10.5. The van der Waals surface area contributed by atoms with E-state index in [-0.39, 0.29) is 22.2 Å². The number of rotatable bonds is 8. The van der Waals surface area contributed by atoms with Crippen LogP contribution in [0.4, 0.5) is 4.39 Å². The molecule has 3 aromatic rings. The van der Waals surface area contributed by atoms with Gasteiger partial charge in [0.1, 0.15) is 18.0 Å². The predicted molar refractivity (Wildman–Crippen MR) is 121 cm³/mol. The molecule has 0 bridgehead atoms. The minimum absolute atomic E-state index is 0.0638. The van der Waals surface area contributed by atoms with Gasteiger partial charge in [-0.05, 0) is 37.1 Å². The fraction of sp³-hybridized carbons (Fsp3) is 0.240. The van der Waals surface area contributed by atoms with Crippen molar-refractivity contribution in [2.45, 2.75) is 31.9 Å². The highest BCUT2D eigenvalue weighted by Gasteiger charge is 2.31. The van der Waals surface area contributed by atoms with E-state index in [4.69, 9.17) is 9.47 Å². The van der Waals surface area contributed by atoms with E-state index in [9.17, 15) is 24.3 Å². The number of methoxy groups -OCH3 is 1. The normalized spacial score (nSPS) is 13.4. The highest BCUT2D eigenvalue weighted by Crippen LogP contribution is 2.30. The molecule has 0 spiro atoms. The van der Waals surface area contributed by atoms with Gasteiger partial charge in [-0.15, -0.1) is 0 Å². The van der Waals surface area contributed by atoms with Crippen molar-refractivity contribution in [2.24, 2.45) is 0 Å². The van der Waals surface area contributed by atoms with Crippen LogP contribution in [0.3, 0.4) is 0 Å². The average Bonchev–Trinajstić information content (AvgIpc) is 2.81. The van der Waals surface area contributed by atoms with Gasteiger partial charge in [-0.3, -0.25) is 4.79 Å². The predicted octanol–water partition coefficient (Wildman–Crippen LogP) is 3.06. The lowest BCUT2D eigenvalue weighted by atomic mass is 9.87. The van der Waals surface area contributed by atoms with E-state index in [1.165, 1.54) is 32.2 Å². The van der Waals surface area contributed by atoms with Crippen LogP contribution >= 0.6 is 0 Å². The molecule has 2 N–H and O–H groups in total. The van der Waals surface area contributed by atoms with Crippen LogP contribution < -0.4 is 14.8 Å². The van der Waals surface area contributed by atoms with E-state index in [1.807, 2.05) is 30.3 Å². The molecule has 2 aromatic carbocycles. The summed E-state index contributed by atoms with van der Waals surface area (Å²) < 4.78 is 24.2. The largest absolute Gasteiger partial charge is 0.618 e. The Balaban J connectivity index is 1.76. The molecule has 1 heterocycles. The van der Waals surface area contributed by atoms with Crippen molar-refractivity contribution in [1.82, 2.24) is 5.32 Å². The van der Waals surface area contributed by atoms with Crippen molar-refractivity contribution in [3.05, 3.63) is 94.7 Å². The number of aromatic hydroxyl groups is 1. The van der Waals surface area contributed by atoms with Crippen LogP contribution in [0.2, 0.25) is 0 Å². The third-order valence-electron chi connectivity index (χ3n) is 5.33. The molecule has 1 amide bonds. The lowest BCUT2D eigenvalue weighted by molar-refractivity contribution is -0.608. The number of carbonyl (C=O) groups is 2. The summed E-state index contributed by atoms with van der Waals surface area (Å²) in [5.74, 6) is -3.20. The van der Waals surface area contributed by atoms with Gasteiger partial charge in [0.15, 0.2) is 11.9 Å². The molecule has 3 atom stereocenters. The maximum absolute atomic E-state index is 13.5. The minimum atomic E-state index is -1.13. The number of amides is 1. The first kappa shape index (κ1) is 24.5. The van der Waals surface area contributed by atoms with E-state index in [0.717, 1.165) is 17.3 Å². The fourth-order valence-corrected chi connectivity index (χ4v) is 3.62. The highest BCUT2D eigenvalue weighted by atomic mass is 19.1. The van der Waals surface area contributed by atoms with Crippen LogP contribution in [-0.2, 0) is 9.53 Å². The number of nitrogens with one attached hydrogen (secondary N) is 1. The van der Waals surface area contributed by atoms with Crippen molar-refractivity contribution in [3.63, 3.8) is 0 Å². The number of ether oxygens (including phenoxy) is 2. The Kier molecular flexibility index (Phi) is 7.68. The fourth-order valence-electron chi connectivity index (χ4n) is 3.62. The monoisotopic (exact) mass is 468 g/mol. The second-order valence-corrected chi connectivity index (χ2v) is 7.68. The van der Waals surface area contributed by atoms with Crippen LogP contribution in [-0.4, -0.2) is 36.2 Å². The molecule has 1 aromatic heterocycles. The van der Waals surface area contributed by atoms with Gasteiger partial charge in [-0.2, -0.15) is 4.73 Å². The van der Waals surface area contributed by atoms with E-state index >= 15 is 0 Å². The van der Waals surface area contributed by atoms with E-state index in [2.05, 4.69) is 5.32 Å². The Hall–Kier alpha value is -4.14. The second kappa shape index (κ2) is 10.7.